The summed E-state index contributed by atoms with van der Waals surface area (Å²) in [6.45, 7) is 1.49. The van der Waals surface area contributed by atoms with Gasteiger partial charge in [-0.3, -0.25) is 19.0 Å². The van der Waals surface area contributed by atoms with Crippen LogP contribution in [0.1, 0.15) is 26.1 Å². The molecule has 1 atom stereocenters. The monoisotopic (exact) mass is 501 g/mol. The molecule has 0 radical (unpaired) electrons. The average molecular weight is 502 g/mol. The van der Waals surface area contributed by atoms with E-state index in [0.717, 1.165) is 0 Å². The van der Waals surface area contributed by atoms with E-state index in [4.69, 9.17) is 10.8 Å². The van der Waals surface area contributed by atoms with Gasteiger partial charge in [-0.15, -0.1) is 0 Å². The first-order valence-corrected chi connectivity index (χ1v) is 10.1. The van der Waals surface area contributed by atoms with E-state index in [-0.39, 0.29) is 71.6 Å². The first kappa shape index (κ1) is 27.2. The van der Waals surface area contributed by atoms with Crippen molar-refractivity contribution in [1.82, 2.24) is 14.9 Å². The fraction of sp³-hybridized carbons (Fsp3) is 0.350. The minimum Gasteiger partial charge on any atom is -1.00 e. The molecule has 1 aromatic carbocycles. The number of nitrogens with zero attached hydrogens (tertiary/aromatic N) is 3. The third-order valence-corrected chi connectivity index (χ3v) is 5.15. The van der Waals surface area contributed by atoms with Gasteiger partial charge < -0.3 is 39.7 Å². The Labute approximate surface area is 227 Å². The van der Waals surface area contributed by atoms with Crippen molar-refractivity contribution in [3.63, 3.8) is 0 Å². The molecule has 0 unspecified atom stereocenters. The molecule has 1 amide bonds. The first-order chi connectivity index (χ1) is 15.7. The van der Waals surface area contributed by atoms with Crippen molar-refractivity contribution in [3.8, 4) is 0 Å². The molecule has 7 N–H and O–H groups in total. The fourth-order valence-electron chi connectivity index (χ4n) is 3.37. The Morgan fingerprint density at radius 3 is 2.56 bits per heavy atom. The maximum atomic E-state index is 12.3. The zero-order valence-corrected chi connectivity index (χ0v) is 20.8. The van der Waals surface area contributed by atoms with Crippen molar-refractivity contribution in [2.24, 2.45) is 0 Å². The fourth-order valence-corrected chi connectivity index (χ4v) is 3.37. The van der Waals surface area contributed by atoms with E-state index in [9.17, 15) is 24.3 Å². The maximum Gasteiger partial charge on any atom is 2.00 e. The van der Waals surface area contributed by atoms with Crippen molar-refractivity contribution < 1.29 is 27.4 Å². The molecule has 0 spiro atoms. The summed E-state index contributed by atoms with van der Waals surface area (Å²) in [4.78, 5) is 52.2. The van der Waals surface area contributed by atoms with Crippen LogP contribution in [0.4, 0.5) is 23.1 Å². The van der Waals surface area contributed by atoms with Crippen molar-refractivity contribution in [2.75, 3.05) is 41.4 Å². The molecule has 2 aromatic rings. The van der Waals surface area contributed by atoms with Crippen LogP contribution >= 0.6 is 0 Å². The Kier molecular flexibility index (Phi) is 9.53. The number of carbonyl (C=O) groups excluding carboxylic acids is 1. The third kappa shape index (κ3) is 6.52. The minimum absolute atomic E-state index is 0. The molecule has 1 aliphatic rings. The Hall–Kier alpha value is -3.03. The number of carboxylic acids is 2. The van der Waals surface area contributed by atoms with Crippen LogP contribution in [0, 0.1) is 0 Å². The largest absolute Gasteiger partial charge is 2.00 e. The van der Waals surface area contributed by atoms with Crippen LogP contribution in [0.5, 0.6) is 0 Å². The van der Waals surface area contributed by atoms with Crippen molar-refractivity contribution >= 4 is 78.7 Å². The molecule has 0 fully saturated rings. The summed E-state index contributed by atoms with van der Waals surface area (Å²) in [5, 5.41) is 26.5. The summed E-state index contributed by atoms with van der Waals surface area (Å²) in [5.41, 5.74) is 6.83. The van der Waals surface area contributed by atoms with E-state index in [1.54, 1.807) is 23.7 Å². The number of nitrogen functional groups attached to an aromatic ring is 1. The molecular formula is C20H27CaN7O6. The molecule has 34 heavy (non-hydrogen) atoms. The van der Waals surface area contributed by atoms with Crippen LogP contribution in [-0.4, -0.2) is 102 Å². The summed E-state index contributed by atoms with van der Waals surface area (Å²) >= 11 is 0. The number of benzene rings is 1. The number of nitrogens with two attached hydrogens (primary N) is 1. The average Bonchev–Trinajstić information content (AvgIpc) is 2.76. The Morgan fingerprint density at radius 1 is 1.26 bits per heavy atom. The second-order valence-corrected chi connectivity index (χ2v) is 7.46. The van der Waals surface area contributed by atoms with Gasteiger partial charge in [-0.05, 0) is 30.7 Å². The van der Waals surface area contributed by atoms with Crippen LogP contribution in [0.15, 0.2) is 29.1 Å². The Bertz CT molecular complexity index is 1130. The van der Waals surface area contributed by atoms with E-state index >= 15 is 0 Å². The number of aliphatic carboxylic acids is 2. The van der Waals surface area contributed by atoms with Crippen LogP contribution in [0.25, 0.3) is 0 Å². The number of anilines is 4. The molecule has 1 aromatic heterocycles. The summed E-state index contributed by atoms with van der Waals surface area (Å²) < 4.78 is 1.63. The SMILES string of the molecule is CN1CCNc2c1c(=O)nc(N)n2CNc1ccc(C(=O)N[C@@H](CCC(=O)O)C(=O)O)cc1.[Ca+2].[H-].[H-]. The molecular weight excluding hydrogens is 474 g/mol. The van der Waals surface area contributed by atoms with E-state index in [2.05, 4.69) is 20.9 Å². The molecule has 2 heterocycles. The van der Waals surface area contributed by atoms with Gasteiger partial charge in [0.05, 0.1) is 6.67 Å². The van der Waals surface area contributed by atoms with Gasteiger partial charge in [-0.1, -0.05) is 0 Å². The standard InChI is InChI=1S/C20H25N7O6.Ca.2H/c1-26-9-8-22-16-15(26)18(31)25-20(21)27(16)10-23-12-4-2-11(3-5-12)17(30)24-13(19(32)33)6-7-14(28)29;;;/h2-5,13,22-23H,6-10H2,1H3,(H,24,30)(H,28,29)(H,32,33)(H2,21,25,31);;;/q;+2;2*-1/t13-;;;/m0.../s1. The van der Waals surface area contributed by atoms with Gasteiger partial charge in [0.1, 0.15) is 17.5 Å². The topological polar surface area (TPSA) is 192 Å². The quantitative estimate of drug-likeness (QED) is 0.246. The second-order valence-electron chi connectivity index (χ2n) is 7.46. The maximum absolute atomic E-state index is 12.3. The van der Waals surface area contributed by atoms with Gasteiger partial charge >= 0.3 is 49.7 Å². The molecule has 0 bridgehead atoms. The second kappa shape index (κ2) is 11.9. The molecule has 0 aliphatic carbocycles. The van der Waals surface area contributed by atoms with Crippen LogP contribution in [0.2, 0.25) is 0 Å². The van der Waals surface area contributed by atoms with Gasteiger partial charge in [0.2, 0.25) is 5.95 Å². The van der Waals surface area contributed by atoms with Crippen molar-refractivity contribution in [3.05, 3.63) is 40.2 Å². The summed E-state index contributed by atoms with van der Waals surface area (Å²) in [5.74, 6) is -2.48. The molecule has 3 rings (SSSR count). The smallest absolute Gasteiger partial charge is 1.00 e. The predicted octanol–water partition coefficient (Wildman–Crippen LogP) is -0.351. The van der Waals surface area contributed by atoms with Crippen LogP contribution in [-0.2, 0) is 16.3 Å². The van der Waals surface area contributed by atoms with Crippen molar-refractivity contribution in [2.45, 2.75) is 25.6 Å². The molecule has 0 saturated heterocycles. The van der Waals surface area contributed by atoms with Gasteiger partial charge in [0, 0.05) is 37.8 Å². The zero-order chi connectivity index (χ0) is 24.1. The molecule has 13 nitrogen and oxygen atoms in total. The number of hydrogen-bond donors (Lipinski definition) is 6. The molecule has 180 valence electrons. The van der Waals surface area contributed by atoms with Crippen molar-refractivity contribution in [1.29, 1.82) is 0 Å². The molecule has 1 aliphatic heterocycles. The molecule has 14 heteroatoms. The number of hydrogen-bond acceptors (Lipinski definition) is 9. The van der Waals surface area contributed by atoms with Crippen LogP contribution < -0.4 is 32.1 Å². The van der Waals surface area contributed by atoms with Crippen LogP contribution in [0.3, 0.4) is 0 Å². The number of amides is 1. The number of likely N-dealkylation sites (N-methyl/N-ethyl adjacent to an activating group) is 1. The van der Waals surface area contributed by atoms with Gasteiger partial charge in [-0.2, -0.15) is 4.98 Å². The van der Waals surface area contributed by atoms with Gasteiger partial charge in [0.25, 0.3) is 11.5 Å². The van der Waals surface area contributed by atoms with Gasteiger partial charge in [0.15, 0.2) is 0 Å². The zero-order valence-electron chi connectivity index (χ0n) is 20.6. The summed E-state index contributed by atoms with van der Waals surface area (Å²) in [6, 6.07) is 4.95. The van der Waals surface area contributed by atoms with E-state index in [0.29, 0.717) is 30.3 Å². The summed E-state index contributed by atoms with van der Waals surface area (Å²) in [6.07, 6.45) is -0.601. The minimum atomic E-state index is -1.31. The number of fused-ring (bicyclic) bond motifs is 1. The predicted molar refractivity (Wildman–Crippen MR) is 128 cm³/mol. The Morgan fingerprint density at radius 2 is 1.94 bits per heavy atom. The number of carboxylic acid groups (broad SMARTS) is 2. The number of rotatable bonds is 9. The number of aromatic nitrogens is 2. The van der Waals surface area contributed by atoms with E-state index < -0.39 is 29.4 Å². The normalized spacial score (nSPS) is 13.0. The first-order valence-electron chi connectivity index (χ1n) is 10.1. The van der Waals surface area contributed by atoms with E-state index in [1.807, 2.05) is 4.90 Å². The number of nitrogens with one attached hydrogen (secondary N) is 3. The Balaban J connectivity index is 0.00000408. The molecule has 0 saturated carbocycles. The van der Waals surface area contributed by atoms with Gasteiger partial charge in [-0.25, -0.2) is 4.79 Å². The summed E-state index contributed by atoms with van der Waals surface area (Å²) in [7, 11) is 1.80. The third-order valence-electron chi connectivity index (χ3n) is 5.15. The van der Waals surface area contributed by atoms with E-state index in [1.165, 1.54) is 12.1 Å². The number of carbonyl (C=O) groups is 3.